The van der Waals surface area contributed by atoms with Crippen molar-refractivity contribution in [3.63, 3.8) is 0 Å². The molecule has 3 aromatic heterocycles. The molecule has 38 heavy (non-hydrogen) atoms. The van der Waals surface area contributed by atoms with Crippen molar-refractivity contribution >= 4 is 40.5 Å². The highest BCUT2D eigenvalue weighted by Crippen LogP contribution is 2.50. The number of rotatable bonds is 6. The lowest BCUT2D eigenvalue weighted by Crippen LogP contribution is -2.44. The Morgan fingerprint density at radius 3 is 2.53 bits per heavy atom. The first-order valence-corrected chi connectivity index (χ1v) is 12.5. The maximum Gasteiger partial charge on any atom is 0.416 e. The van der Waals surface area contributed by atoms with Gasteiger partial charge in [-0.1, -0.05) is 13.8 Å². The van der Waals surface area contributed by atoms with E-state index in [2.05, 4.69) is 25.6 Å². The minimum absolute atomic E-state index is 0.0880. The molecule has 1 aliphatic rings. The van der Waals surface area contributed by atoms with E-state index in [0.717, 1.165) is 18.3 Å². The van der Waals surface area contributed by atoms with Crippen molar-refractivity contribution in [2.45, 2.75) is 51.8 Å². The molecule has 1 aliphatic carbocycles. The van der Waals surface area contributed by atoms with Gasteiger partial charge in [0.1, 0.15) is 22.2 Å². The second-order valence-electron chi connectivity index (χ2n) is 10.0. The number of carboxylic acid groups (broad SMARTS) is 1. The Bertz CT molecular complexity index is 1380. The molecule has 0 saturated heterocycles. The molecule has 0 aromatic carbocycles. The first kappa shape index (κ1) is 27.5. The Hall–Kier alpha value is -3.58. The molecule has 4 N–H and O–H groups in total. The summed E-state index contributed by atoms with van der Waals surface area (Å²) in [6.07, 6.45) is -1.28. The summed E-state index contributed by atoms with van der Waals surface area (Å²) in [7, 11) is 0. The molecule has 202 valence electrons. The topological polar surface area (TPSA) is 137 Å². The van der Waals surface area contributed by atoms with Crippen LogP contribution in [0.25, 0.3) is 10.6 Å². The standard InChI is InChI=1S/C25H26F3N5O4S/c1-13(34)31-15-9-17(32-20(10-15)33-19-8-14(5-7-29-19)25(26,27)28)18-11-30-22(38-18)24(37)6-4-16(21(35)36)23(2,3)12-24/h5,7-11,16,37H,4,6,12H2,1-3H3,(H,35,36)(H2,29,31,32,33,34). The van der Waals surface area contributed by atoms with E-state index >= 15 is 0 Å². The van der Waals surface area contributed by atoms with Crippen LogP contribution < -0.4 is 10.6 Å². The number of carbonyl (C=O) groups excluding carboxylic acids is 1. The number of nitrogens with zero attached hydrogens (tertiary/aromatic N) is 3. The number of hydrogen-bond donors (Lipinski definition) is 4. The van der Waals surface area contributed by atoms with Crippen LogP contribution in [-0.4, -0.2) is 37.0 Å². The van der Waals surface area contributed by atoms with E-state index in [1.54, 1.807) is 6.07 Å². The molecule has 2 atom stereocenters. The summed E-state index contributed by atoms with van der Waals surface area (Å²) in [5.74, 6) is -1.80. The Balaban J connectivity index is 1.66. The number of alkyl halides is 3. The van der Waals surface area contributed by atoms with E-state index in [1.807, 2.05) is 13.8 Å². The number of carbonyl (C=O) groups is 2. The molecule has 1 fully saturated rings. The van der Waals surface area contributed by atoms with Crippen LogP contribution >= 0.6 is 11.3 Å². The first-order valence-electron chi connectivity index (χ1n) is 11.7. The van der Waals surface area contributed by atoms with Crippen molar-refractivity contribution in [3.05, 3.63) is 47.2 Å². The number of thiazole rings is 1. The third-order valence-electron chi connectivity index (χ3n) is 6.48. The smallest absolute Gasteiger partial charge is 0.416 e. The Morgan fingerprint density at radius 1 is 1.16 bits per heavy atom. The summed E-state index contributed by atoms with van der Waals surface area (Å²) in [6.45, 7) is 4.93. The molecule has 0 radical (unpaired) electrons. The molecule has 0 aliphatic heterocycles. The van der Waals surface area contributed by atoms with Gasteiger partial charge < -0.3 is 20.8 Å². The average molecular weight is 550 g/mol. The summed E-state index contributed by atoms with van der Waals surface area (Å²) in [5, 5.41) is 26.8. The van der Waals surface area contributed by atoms with E-state index in [4.69, 9.17) is 0 Å². The Labute approximate surface area is 220 Å². The zero-order valence-corrected chi connectivity index (χ0v) is 21.6. The second-order valence-corrected chi connectivity index (χ2v) is 11.0. The number of aliphatic hydroxyl groups is 1. The van der Waals surface area contributed by atoms with Gasteiger partial charge in [0.25, 0.3) is 0 Å². The van der Waals surface area contributed by atoms with E-state index in [9.17, 15) is 33.0 Å². The number of aliphatic carboxylic acids is 1. The molecule has 0 bridgehead atoms. The van der Waals surface area contributed by atoms with Crippen LogP contribution in [0.5, 0.6) is 0 Å². The summed E-state index contributed by atoms with van der Waals surface area (Å²) < 4.78 is 39.4. The summed E-state index contributed by atoms with van der Waals surface area (Å²) >= 11 is 1.17. The number of anilines is 3. The number of pyridine rings is 2. The summed E-state index contributed by atoms with van der Waals surface area (Å²) in [5.41, 5.74) is -2.17. The van der Waals surface area contributed by atoms with Gasteiger partial charge in [0, 0.05) is 31.1 Å². The van der Waals surface area contributed by atoms with Crippen molar-refractivity contribution < 1.29 is 33.0 Å². The van der Waals surface area contributed by atoms with Crippen LogP contribution in [-0.2, 0) is 21.4 Å². The number of hydrogen-bond acceptors (Lipinski definition) is 8. The lowest BCUT2D eigenvalue weighted by molar-refractivity contribution is -0.154. The maximum atomic E-state index is 13.1. The van der Waals surface area contributed by atoms with Crippen LogP contribution in [0.1, 0.15) is 50.6 Å². The highest BCUT2D eigenvalue weighted by molar-refractivity contribution is 7.15. The third-order valence-corrected chi connectivity index (χ3v) is 7.69. The van der Waals surface area contributed by atoms with Gasteiger partial charge in [0.15, 0.2) is 0 Å². The first-order chi connectivity index (χ1) is 17.7. The number of aromatic nitrogens is 3. The fraction of sp³-hybridized carbons (Fsp3) is 0.400. The number of halogens is 3. The number of carboxylic acids is 1. The minimum Gasteiger partial charge on any atom is -0.481 e. The van der Waals surface area contributed by atoms with Crippen LogP contribution in [0.2, 0.25) is 0 Å². The highest BCUT2D eigenvalue weighted by Gasteiger charge is 2.49. The van der Waals surface area contributed by atoms with Crippen molar-refractivity contribution in [3.8, 4) is 10.6 Å². The molecular formula is C25H26F3N5O4S. The zero-order valence-electron chi connectivity index (χ0n) is 20.8. The maximum absolute atomic E-state index is 13.1. The van der Waals surface area contributed by atoms with Gasteiger partial charge in [0.05, 0.1) is 22.1 Å². The lowest BCUT2D eigenvalue weighted by Gasteiger charge is -2.44. The van der Waals surface area contributed by atoms with Crippen molar-refractivity contribution in [2.24, 2.45) is 11.3 Å². The summed E-state index contributed by atoms with van der Waals surface area (Å²) in [6, 6.07) is 4.74. The molecule has 9 nitrogen and oxygen atoms in total. The van der Waals surface area contributed by atoms with Crippen LogP contribution in [0.15, 0.2) is 36.7 Å². The Morgan fingerprint density at radius 2 is 1.89 bits per heavy atom. The molecule has 4 rings (SSSR count). The summed E-state index contributed by atoms with van der Waals surface area (Å²) in [4.78, 5) is 36.7. The Kier molecular flexibility index (Phi) is 7.19. The molecule has 13 heteroatoms. The molecule has 1 saturated carbocycles. The molecule has 0 spiro atoms. The van der Waals surface area contributed by atoms with Crippen molar-refractivity contribution in [1.29, 1.82) is 0 Å². The number of nitrogens with one attached hydrogen (secondary N) is 2. The molecule has 3 heterocycles. The normalized spacial score (nSPS) is 21.1. The van der Waals surface area contributed by atoms with E-state index < -0.39 is 34.6 Å². The molecule has 1 amide bonds. The zero-order chi connectivity index (χ0) is 27.9. The second kappa shape index (κ2) is 9.95. The van der Waals surface area contributed by atoms with E-state index in [-0.39, 0.29) is 30.4 Å². The highest BCUT2D eigenvalue weighted by atomic mass is 32.1. The lowest BCUT2D eigenvalue weighted by atomic mass is 9.63. The SMILES string of the molecule is CC(=O)Nc1cc(Nc2cc(C(F)(F)F)ccn2)nc(-c2cnc(C3(O)CCC(C(=O)O)C(C)(C)C3)s2)c1. The minimum atomic E-state index is -4.55. The van der Waals surface area contributed by atoms with Crippen molar-refractivity contribution in [1.82, 2.24) is 15.0 Å². The van der Waals surface area contributed by atoms with Crippen LogP contribution in [0, 0.1) is 11.3 Å². The monoisotopic (exact) mass is 549 g/mol. The largest absolute Gasteiger partial charge is 0.481 e. The van der Waals surface area contributed by atoms with Gasteiger partial charge in [-0.15, -0.1) is 11.3 Å². The van der Waals surface area contributed by atoms with E-state index in [1.165, 1.54) is 30.5 Å². The third kappa shape index (κ3) is 5.94. The predicted octanol–water partition coefficient (Wildman–Crippen LogP) is 5.42. The van der Waals surface area contributed by atoms with Crippen LogP contribution in [0.4, 0.5) is 30.5 Å². The van der Waals surface area contributed by atoms with Gasteiger partial charge in [-0.25, -0.2) is 15.0 Å². The fourth-order valence-electron chi connectivity index (χ4n) is 4.79. The predicted molar refractivity (Wildman–Crippen MR) is 135 cm³/mol. The van der Waals surface area contributed by atoms with Gasteiger partial charge in [0.2, 0.25) is 5.91 Å². The van der Waals surface area contributed by atoms with Gasteiger partial charge in [-0.2, -0.15) is 13.2 Å². The van der Waals surface area contributed by atoms with E-state index in [0.29, 0.717) is 27.7 Å². The molecule has 2 unspecified atom stereocenters. The van der Waals surface area contributed by atoms with Crippen molar-refractivity contribution in [2.75, 3.05) is 10.6 Å². The van der Waals surface area contributed by atoms with Gasteiger partial charge >= 0.3 is 12.1 Å². The number of amides is 1. The fourth-order valence-corrected chi connectivity index (χ4v) is 5.78. The molecular weight excluding hydrogens is 523 g/mol. The van der Waals surface area contributed by atoms with Gasteiger partial charge in [-0.05, 0) is 42.9 Å². The van der Waals surface area contributed by atoms with Gasteiger partial charge in [-0.3, -0.25) is 9.59 Å². The average Bonchev–Trinajstić information content (AvgIpc) is 3.28. The molecule has 3 aromatic rings. The quantitative estimate of drug-likeness (QED) is 0.320. The van der Waals surface area contributed by atoms with Crippen LogP contribution in [0.3, 0.4) is 0 Å².